The summed E-state index contributed by atoms with van der Waals surface area (Å²) in [5, 5.41) is 7.83. The van der Waals surface area contributed by atoms with Crippen LogP contribution >= 0.6 is 0 Å². The van der Waals surface area contributed by atoms with Crippen molar-refractivity contribution >= 4 is 5.84 Å². The molecule has 1 N–H and O–H groups in total. The van der Waals surface area contributed by atoms with Gasteiger partial charge in [0.1, 0.15) is 0 Å². The second-order valence-corrected chi connectivity index (χ2v) is 4.21. The maximum absolute atomic E-state index is 7.83. The van der Waals surface area contributed by atoms with E-state index in [0.717, 1.165) is 25.3 Å². The standard InChI is InChI=1S/C10H21N3/c1-9(8-12(2)3)13-7-5-4-6-10(13)11/h9,11H,4-8H2,1-3H3. The van der Waals surface area contributed by atoms with E-state index >= 15 is 0 Å². The molecule has 0 aromatic carbocycles. The first-order chi connectivity index (χ1) is 6.11. The van der Waals surface area contributed by atoms with Gasteiger partial charge in [0.2, 0.25) is 0 Å². The van der Waals surface area contributed by atoms with Crippen LogP contribution in [-0.2, 0) is 0 Å². The van der Waals surface area contributed by atoms with Gasteiger partial charge in [-0.25, -0.2) is 0 Å². The summed E-state index contributed by atoms with van der Waals surface area (Å²) in [6, 6.07) is 0.489. The number of rotatable bonds is 3. The van der Waals surface area contributed by atoms with Crippen LogP contribution < -0.4 is 0 Å². The molecule has 0 amide bonds. The highest BCUT2D eigenvalue weighted by Crippen LogP contribution is 2.14. The van der Waals surface area contributed by atoms with E-state index in [9.17, 15) is 0 Å². The number of amidine groups is 1. The zero-order chi connectivity index (χ0) is 9.84. The molecule has 3 nitrogen and oxygen atoms in total. The molecule has 1 unspecified atom stereocenters. The average molecular weight is 183 g/mol. The van der Waals surface area contributed by atoms with Crippen molar-refractivity contribution in [3.63, 3.8) is 0 Å². The van der Waals surface area contributed by atoms with Crippen LogP contribution in [0, 0.1) is 5.41 Å². The van der Waals surface area contributed by atoms with Crippen molar-refractivity contribution in [2.75, 3.05) is 27.2 Å². The average Bonchev–Trinajstić information content (AvgIpc) is 2.03. The van der Waals surface area contributed by atoms with Crippen LogP contribution in [0.5, 0.6) is 0 Å². The van der Waals surface area contributed by atoms with Gasteiger partial charge in [-0.2, -0.15) is 0 Å². The number of likely N-dealkylation sites (tertiary alicyclic amines) is 1. The summed E-state index contributed by atoms with van der Waals surface area (Å²) < 4.78 is 0. The van der Waals surface area contributed by atoms with Crippen molar-refractivity contribution in [1.82, 2.24) is 9.80 Å². The number of nitrogens with zero attached hydrogens (tertiary/aromatic N) is 2. The summed E-state index contributed by atoms with van der Waals surface area (Å²) in [6.07, 6.45) is 3.42. The smallest absolute Gasteiger partial charge is 0.0960 e. The lowest BCUT2D eigenvalue weighted by Gasteiger charge is -2.36. The molecule has 1 heterocycles. The third kappa shape index (κ3) is 2.99. The van der Waals surface area contributed by atoms with Crippen LogP contribution in [0.25, 0.3) is 0 Å². The van der Waals surface area contributed by atoms with Gasteiger partial charge in [-0.3, -0.25) is 5.41 Å². The van der Waals surface area contributed by atoms with E-state index in [0.29, 0.717) is 6.04 Å². The van der Waals surface area contributed by atoms with Crippen LogP contribution in [0.2, 0.25) is 0 Å². The topological polar surface area (TPSA) is 30.3 Å². The fourth-order valence-corrected chi connectivity index (χ4v) is 1.97. The Kier molecular flexibility index (Phi) is 3.72. The van der Waals surface area contributed by atoms with Gasteiger partial charge < -0.3 is 9.80 Å². The lowest BCUT2D eigenvalue weighted by Crippen LogP contribution is -2.45. The predicted octanol–water partition coefficient (Wildman–Crippen LogP) is 1.40. The Balaban J connectivity index is 2.43. The van der Waals surface area contributed by atoms with Gasteiger partial charge >= 0.3 is 0 Å². The molecular weight excluding hydrogens is 162 g/mol. The minimum Gasteiger partial charge on any atom is -0.357 e. The van der Waals surface area contributed by atoms with Crippen LogP contribution in [0.3, 0.4) is 0 Å². The Bertz CT molecular complexity index is 177. The summed E-state index contributed by atoms with van der Waals surface area (Å²) in [4.78, 5) is 4.43. The van der Waals surface area contributed by atoms with Gasteiger partial charge in [0.15, 0.2) is 0 Å². The van der Waals surface area contributed by atoms with E-state index in [2.05, 4.69) is 30.8 Å². The summed E-state index contributed by atoms with van der Waals surface area (Å²) in [6.45, 7) is 4.33. The normalized spacial score (nSPS) is 20.9. The minimum absolute atomic E-state index is 0.489. The summed E-state index contributed by atoms with van der Waals surface area (Å²) in [7, 11) is 4.17. The van der Waals surface area contributed by atoms with Gasteiger partial charge in [0, 0.05) is 25.6 Å². The molecule has 1 saturated heterocycles. The molecule has 1 fully saturated rings. The molecule has 13 heavy (non-hydrogen) atoms. The Labute approximate surface area is 81.2 Å². The molecule has 0 radical (unpaired) electrons. The highest BCUT2D eigenvalue weighted by atomic mass is 15.2. The molecule has 0 spiro atoms. The molecule has 0 saturated carbocycles. The Morgan fingerprint density at radius 2 is 2.15 bits per heavy atom. The fraction of sp³-hybridized carbons (Fsp3) is 0.900. The van der Waals surface area contributed by atoms with Gasteiger partial charge in [0.05, 0.1) is 5.84 Å². The van der Waals surface area contributed by atoms with Gasteiger partial charge in [-0.1, -0.05) is 0 Å². The number of hydrogen-bond donors (Lipinski definition) is 1. The Morgan fingerprint density at radius 1 is 1.46 bits per heavy atom. The fourth-order valence-electron chi connectivity index (χ4n) is 1.97. The van der Waals surface area contributed by atoms with E-state index in [1.165, 1.54) is 12.8 Å². The quantitative estimate of drug-likeness (QED) is 0.717. The molecule has 3 heteroatoms. The summed E-state index contributed by atoms with van der Waals surface area (Å²) in [5.74, 6) is 0.834. The molecule has 0 bridgehead atoms. The van der Waals surface area contributed by atoms with E-state index in [1.807, 2.05) is 0 Å². The maximum atomic E-state index is 7.83. The number of likely N-dealkylation sites (N-methyl/N-ethyl adjacent to an activating group) is 1. The van der Waals surface area contributed by atoms with Gasteiger partial charge in [0.25, 0.3) is 0 Å². The minimum atomic E-state index is 0.489. The Hall–Kier alpha value is -0.570. The summed E-state index contributed by atoms with van der Waals surface area (Å²) in [5.41, 5.74) is 0. The molecule has 1 rings (SSSR count). The lowest BCUT2D eigenvalue weighted by molar-refractivity contribution is 0.238. The largest absolute Gasteiger partial charge is 0.357 e. The third-order valence-corrected chi connectivity index (χ3v) is 2.57. The van der Waals surface area contributed by atoms with Crippen molar-refractivity contribution in [1.29, 1.82) is 5.41 Å². The first-order valence-electron chi connectivity index (χ1n) is 5.10. The van der Waals surface area contributed by atoms with Crippen LogP contribution in [-0.4, -0.2) is 48.9 Å². The van der Waals surface area contributed by atoms with Crippen LogP contribution in [0.15, 0.2) is 0 Å². The van der Waals surface area contributed by atoms with Crippen molar-refractivity contribution in [3.8, 4) is 0 Å². The highest BCUT2D eigenvalue weighted by molar-refractivity contribution is 5.80. The lowest BCUT2D eigenvalue weighted by atomic mass is 10.1. The zero-order valence-corrected chi connectivity index (χ0v) is 9.01. The van der Waals surface area contributed by atoms with E-state index in [4.69, 9.17) is 5.41 Å². The first kappa shape index (κ1) is 10.5. The number of nitrogens with one attached hydrogen (secondary N) is 1. The molecule has 1 aliphatic rings. The Morgan fingerprint density at radius 3 is 2.69 bits per heavy atom. The number of hydrogen-bond acceptors (Lipinski definition) is 2. The molecule has 0 aliphatic carbocycles. The number of piperidine rings is 1. The molecule has 76 valence electrons. The maximum Gasteiger partial charge on any atom is 0.0960 e. The van der Waals surface area contributed by atoms with E-state index < -0.39 is 0 Å². The first-order valence-corrected chi connectivity index (χ1v) is 5.10. The second kappa shape index (κ2) is 4.61. The van der Waals surface area contributed by atoms with E-state index in [-0.39, 0.29) is 0 Å². The molecule has 0 aromatic rings. The highest BCUT2D eigenvalue weighted by Gasteiger charge is 2.20. The molecule has 0 aromatic heterocycles. The molecule has 1 atom stereocenters. The molecular formula is C10H21N3. The van der Waals surface area contributed by atoms with Crippen molar-refractivity contribution in [2.45, 2.75) is 32.2 Å². The third-order valence-electron chi connectivity index (χ3n) is 2.57. The predicted molar refractivity (Wildman–Crippen MR) is 56.3 cm³/mol. The zero-order valence-electron chi connectivity index (χ0n) is 9.01. The van der Waals surface area contributed by atoms with Crippen LogP contribution in [0.4, 0.5) is 0 Å². The van der Waals surface area contributed by atoms with Crippen molar-refractivity contribution < 1.29 is 0 Å². The van der Waals surface area contributed by atoms with Gasteiger partial charge in [-0.05, 0) is 33.9 Å². The monoisotopic (exact) mass is 183 g/mol. The van der Waals surface area contributed by atoms with Crippen molar-refractivity contribution in [2.24, 2.45) is 0 Å². The van der Waals surface area contributed by atoms with Gasteiger partial charge in [-0.15, -0.1) is 0 Å². The second-order valence-electron chi connectivity index (χ2n) is 4.21. The van der Waals surface area contributed by atoms with E-state index in [1.54, 1.807) is 0 Å². The van der Waals surface area contributed by atoms with Crippen LogP contribution in [0.1, 0.15) is 26.2 Å². The SMILES string of the molecule is CC(CN(C)C)N1CCCCC1=N. The molecule has 1 aliphatic heterocycles. The van der Waals surface area contributed by atoms with Crippen molar-refractivity contribution in [3.05, 3.63) is 0 Å². The summed E-state index contributed by atoms with van der Waals surface area (Å²) >= 11 is 0.